The number of para-hydroxylation sites is 2. The predicted molar refractivity (Wildman–Crippen MR) is 93.3 cm³/mol. The molecule has 5 rings (SSSR count). The third-order valence-corrected chi connectivity index (χ3v) is 4.41. The van der Waals surface area contributed by atoms with E-state index in [1.807, 2.05) is 12.1 Å². The van der Waals surface area contributed by atoms with Gasteiger partial charge >= 0.3 is 0 Å². The van der Waals surface area contributed by atoms with Crippen LogP contribution in [0.5, 0.6) is 0 Å². The number of rotatable bonds is 0. The zero-order valence-electron chi connectivity index (χ0n) is 13.1. The number of hydrogen-bond donors (Lipinski definition) is 1. The standard InChI is InChI=1S/C18H13N5O2/c24-17-11-5-1-3-7-13(11)20-15-9-19-10-16-21-14-8-4-2-6-12(14)18(25)23(16)22(15)17/h1-8,19H,9-10H2. The largest absolute Gasteiger partial charge is 0.303 e. The molecule has 0 saturated carbocycles. The van der Waals surface area contributed by atoms with E-state index >= 15 is 0 Å². The molecular formula is C18H13N5O2. The molecule has 0 bridgehead atoms. The lowest BCUT2D eigenvalue weighted by Gasteiger charge is -2.15. The number of aromatic nitrogens is 4. The molecular weight excluding hydrogens is 318 g/mol. The van der Waals surface area contributed by atoms with Gasteiger partial charge in [-0.05, 0) is 24.3 Å². The minimum atomic E-state index is -0.273. The van der Waals surface area contributed by atoms with Gasteiger partial charge in [0, 0.05) is 0 Å². The molecule has 0 saturated heterocycles. The minimum Gasteiger partial charge on any atom is -0.303 e. The van der Waals surface area contributed by atoms with Gasteiger partial charge in [0.2, 0.25) is 0 Å². The Labute approximate surface area is 141 Å². The molecule has 122 valence electrons. The van der Waals surface area contributed by atoms with Crippen LogP contribution >= 0.6 is 0 Å². The average molecular weight is 331 g/mol. The Kier molecular flexibility index (Phi) is 2.86. The van der Waals surface area contributed by atoms with Crippen molar-refractivity contribution in [2.75, 3.05) is 0 Å². The van der Waals surface area contributed by atoms with Gasteiger partial charge in [-0.15, -0.1) is 0 Å². The number of fused-ring (bicyclic) bond motifs is 5. The summed E-state index contributed by atoms with van der Waals surface area (Å²) >= 11 is 0. The van der Waals surface area contributed by atoms with Crippen molar-refractivity contribution in [3.63, 3.8) is 0 Å². The van der Waals surface area contributed by atoms with E-state index in [2.05, 4.69) is 15.3 Å². The lowest BCUT2D eigenvalue weighted by Crippen LogP contribution is -2.39. The zero-order chi connectivity index (χ0) is 17.0. The topological polar surface area (TPSA) is 81.8 Å². The SMILES string of the molecule is O=c1c2ccccc2nc2n1-n1c(nc3ccccc3c1=O)CNC2. The van der Waals surface area contributed by atoms with Gasteiger partial charge in [-0.25, -0.2) is 9.97 Å². The Hall–Kier alpha value is -3.32. The van der Waals surface area contributed by atoms with Crippen LogP contribution in [0, 0.1) is 0 Å². The molecule has 7 nitrogen and oxygen atoms in total. The van der Waals surface area contributed by atoms with Gasteiger partial charge < -0.3 is 5.32 Å². The normalized spacial score (nSPS) is 13.4. The van der Waals surface area contributed by atoms with E-state index in [1.165, 1.54) is 9.35 Å². The highest BCUT2D eigenvalue weighted by atomic mass is 16.2. The third kappa shape index (κ3) is 1.96. The Morgan fingerprint density at radius 1 is 0.720 bits per heavy atom. The molecule has 1 aliphatic heterocycles. The predicted octanol–water partition coefficient (Wildman–Crippen LogP) is 1.02. The number of hydrogen-bond acceptors (Lipinski definition) is 5. The Bertz CT molecular complexity index is 1170. The van der Waals surface area contributed by atoms with E-state index in [0.29, 0.717) is 46.5 Å². The lowest BCUT2D eigenvalue weighted by atomic mass is 10.2. The molecule has 2 aromatic carbocycles. The van der Waals surface area contributed by atoms with Crippen LogP contribution in [0.1, 0.15) is 11.6 Å². The van der Waals surface area contributed by atoms with Crippen molar-refractivity contribution in [3.05, 3.63) is 80.9 Å². The first-order valence-corrected chi connectivity index (χ1v) is 7.97. The number of nitrogens with zero attached hydrogens (tertiary/aromatic N) is 4. The molecule has 0 aliphatic carbocycles. The molecule has 3 heterocycles. The number of benzene rings is 2. The summed E-state index contributed by atoms with van der Waals surface area (Å²) in [7, 11) is 0. The van der Waals surface area contributed by atoms with Crippen molar-refractivity contribution in [2.45, 2.75) is 13.1 Å². The van der Waals surface area contributed by atoms with E-state index in [1.54, 1.807) is 36.4 Å². The minimum absolute atomic E-state index is 0.273. The Morgan fingerprint density at radius 3 is 1.64 bits per heavy atom. The van der Waals surface area contributed by atoms with Crippen LogP contribution in [0.15, 0.2) is 58.1 Å². The van der Waals surface area contributed by atoms with E-state index in [-0.39, 0.29) is 11.1 Å². The highest BCUT2D eigenvalue weighted by molar-refractivity contribution is 5.78. The molecule has 1 N–H and O–H groups in total. The van der Waals surface area contributed by atoms with Gasteiger partial charge in [0.25, 0.3) is 11.1 Å². The molecule has 25 heavy (non-hydrogen) atoms. The van der Waals surface area contributed by atoms with E-state index in [0.717, 1.165) is 0 Å². The second-order valence-electron chi connectivity index (χ2n) is 5.93. The van der Waals surface area contributed by atoms with Gasteiger partial charge in [-0.2, -0.15) is 9.35 Å². The van der Waals surface area contributed by atoms with Gasteiger partial charge in [0.1, 0.15) is 11.6 Å². The fourth-order valence-electron chi connectivity index (χ4n) is 3.27. The fourth-order valence-corrected chi connectivity index (χ4v) is 3.27. The van der Waals surface area contributed by atoms with Crippen LogP contribution in [0.3, 0.4) is 0 Å². The summed E-state index contributed by atoms with van der Waals surface area (Å²) in [5.74, 6) is 0.975. The first kappa shape index (κ1) is 14.1. The van der Waals surface area contributed by atoms with E-state index in [4.69, 9.17) is 0 Å². The highest BCUT2D eigenvalue weighted by Crippen LogP contribution is 2.13. The first-order chi connectivity index (χ1) is 12.2. The van der Waals surface area contributed by atoms with Gasteiger partial charge in [0.15, 0.2) is 0 Å². The van der Waals surface area contributed by atoms with Crippen molar-refractivity contribution in [1.29, 1.82) is 0 Å². The summed E-state index contributed by atoms with van der Waals surface area (Å²) in [5.41, 5.74) is 0.686. The van der Waals surface area contributed by atoms with Gasteiger partial charge in [-0.1, -0.05) is 24.3 Å². The molecule has 0 unspecified atom stereocenters. The molecule has 0 radical (unpaired) electrons. The van der Waals surface area contributed by atoms with Crippen molar-refractivity contribution < 1.29 is 0 Å². The fraction of sp³-hybridized carbons (Fsp3) is 0.111. The third-order valence-electron chi connectivity index (χ3n) is 4.41. The first-order valence-electron chi connectivity index (χ1n) is 7.97. The zero-order valence-corrected chi connectivity index (χ0v) is 13.1. The van der Waals surface area contributed by atoms with Crippen molar-refractivity contribution in [1.82, 2.24) is 24.6 Å². The summed E-state index contributed by atoms with van der Waals surface area (Å²) in [6.07, 6.45) is 0. The quantitative estimate of drug-likeness (QED) is 0.520. The van der Waals surface area contributed by atoms with Crippen LogP contribution in [-0.2, 0) is 13.1 Å². The van der Waals surface area contributed by atoms with E-state index in [9.17, 15) is 9.59 Å². The maximum Gasteiger partial charge on any atom is 0.280 e. The maximum absolute atomic E-state index is 13.1. The summed E-state index contributed by atoms with van der Waals surface area (Å²) in [5, 5.41) is 4.14. The second kappa shape index (κ2) is 5.09. The second-order valence-corrected chi connectivity index (χ2v) is 5.93. The Balaban J connectivity index is 1.99. The van der Waals surface area contributed by atoms with Crippen molar-refractivity contribution >= 4 is 21.8 Å². The van der Waals surface area contributed by atoms with Gasteiger partial charge in [-0.3, -0.25) is 9.59 Å². The molecule has 0 fully saturated rings. The summed E-state index contributed by atoms with van der Waals surface area (Å²) < 4.78 is 2.69. The summed E-state index contributed by atoms with van der Waals surface area (Å²) in [6, 6.07) is 14.3. The van der Waals surface area contributed by atoms with Crippen LogP contribution in [0.4, 0.5) is 0 Å². The molecule has 2 aromatic heterocycles. The Morgan fingerprint density at radius 2 is 1.16 bits per heavy atom. The molecule has 0 amide bonds. The van der Waals surface area contributed by atoms with Crippen molar-refractivity contribution in [2.24, 2.45) is 0 Å². The molecule has 0 spiro atoms. The molecule has 1 aliphatic rings. The van der Waals surface area contributed by atoms with E-state index < -0.39 is 0 Å². The summed E-state index contributed by atoms with van der Waals surface area (Å²) in [4.78, 5) is 35.3. The molecule has 0 atom stereocenters. The van der Waals surface area contributed by atoms with Gasteiger partial charge in [0.05, 0.1) is 34.9 Å². The van der Waals surface area contributed by atoms with Crippen molar-refractivity contribution in [3.8, 4) is 0 Å². The average Bonchev–Trinajstić information content (AvgIpc) is 2.82. The maximum atomic E-state index is 13.1. The molecule has 4 aromatic rings. The monoisotopic (exact) mass is 331 g/mol. The van der Waals surface area contributed by atoms with Crippen LogP contribution in [0.25, 0.3) is 21.8 Å². The van der Waals surface area contributed by atoms with Crippen LogP contribution in [0.2, 0.25) is 0 Å². The summed E-state index contributed by atoms with van der Waals surface area (Å²) in [6.45, 7) is 0.748. The lowest BCUT2D eigenvalue weighted by molar-refractivity contribution is 0.554. The number of nitrogens with one attached hydrogen (secondary N) is 1. The van der Waals surface area contributed by atoms with Crippen LogP contribution in [-0.4, -0.2) is 19.3 Å². The smallest absolute Gasteiger partial charge is 0.280 e. The van der Waals surface area contributed by atoms with Crippen LogP contribution < -0.4 is 16.4 Å². The molecule has 7 heteroatoms. The highest BCUT2D eigenvalue weighted by Gasteiger charge is 2.21.